The monoisotopic (exact) mass is 262 g/mol. The molecule has 90 valence electrons. The molecule has 17 heavy (non-hydrogen) atoms. The van der Waals surface area contributed by atoms with Gasteiger partial charge in [0, 0.05) is 18.0 Å². The van der Waals surface area contributed by atoms with Crippen LogP contribution in [0, 0.1) is 35.0 Å². The highest BCUT2D eigenvalue weighted by Gasteiger charge is 2.22. The number of hydrogen-bond donors (Lipinski definition) is 1. The van der Waals surface area contributed by atoms with Crippen LogP contribution in [0.15, 0.2) is 12.3 Å². The largest absolute Gasteiger partial charge is 0.337 e. The Morgan fingerprint density at radius 2 is 1.65 bits per heavy atom. The van der Waals surface area contributed by atoms with Gasteiger partial charge in [0.15, 0.2) is 28.0 Å². The number of halogens is 4. The fourth-order valence-electron chi connectivity index (χ4n) is 1.49. The van der Waals surface area contributed by atoms with E-state index in [4.69, 9.17) is 12.2 Å². The van der Waals surface area contributed by atoms with Crippen molar-refractivity contribution in [2.75, 3.05) is 0 Å². The van der Waals surface area contributed by atoms with Gasteiger partial charge in [-0.2, -0.15) is 0 Å². The molecule has 7 heteroatoms. The van der Waals surface area contributed by atoms with Crippen molar-refractivity contribution in [2.45, 2.75) is 6.92 Å². The Kier molecular flexibility index (Phi) is 2.78. The van der Waals surface area contributed by atoms with Gasteiger partial charge in [-0.3, -0.25) is 4.57 Å². The number of imidazole rings is 1. The minimum Gasteiger partial charge on any atom is -0.337 e. The number of aromatic nitrogens is 2. The molecule has 1 aromatic heterocycles. The molecule has 1 aromatic carbocycles. The van der Waals surface area contributed by atoms with E-state index in [9.17, 15) is 17.6 Å². The van der Waals surface area contributed by atoms with Gasteiger partial charge in [0.25, 0.3) is 0 Å². The van der Waals surface area contributed by atoms with Crippen LogP contribution in [-0.2, 0) is 0 Å². The van der Waals surface area contributed by atoms with Crippen molar-refractivity contribution in [3.63, 3.8) is 0 Å². The van der Waals surface area contributed by atoms with Gasteiger partial charge in [-0.25, -0.2) is 17.6 Å². The lowest BCUT2D eigenvalue weighted by Gasteiger charge is -2.09. The van der Waals surface area contributed by atoms with Crippen molar-refractivity contribution in [2.24, 2.45) is 0 Å². The zero-order valence-corrected chi connectivity index (χ0v) is 9.34. The van der Waals surface area contributed by atoms with Gasteiger partial charge in [0.2, 0.25) is 0 Å². The average Bonchev–Trinajstić information content (AvgIpc) is 2.58. The summed E-state index contributed by atoms with van der Waals surface area (Å²) in [6.07, 6.45) is 1.38. The van der Waals surface area contributed by atoms with Crippen LogP contribution >= 0.6 is 12.2 Å². The first kappa shape index (κ1) is 11.8. The highest BCUT2D eigenvalue weighted by Crippen LogP contribution is 2.24. The first-order valence-corrected chi connectivity index (χ1v) is 4.94. The van der Waals surface area contributed by atoms with Gasteiger partial charge in [-0.1, -0.05) is 0 Å². The predicted molar refractivity (Wildman–Crippen MR) is 55.5 cm³/mol. The molecule has 2 nitrogen and oxygen atoms in total. The topological polar surface area (TPSA) is 20.7 Å². The van der Waals surface area contributed by atoms with Crippen LogP contribution in [0.5, 0.6) is 0 Å². The number of H-pyrrole nitrogens is 1. The molecule has 1 N–H and O–H groups in total. The lowest BCUT2D eigenvalue weighted by molar-refractivity contribution is 0.447. The van der Waals surface area contributed by atoms with Gasteiger partial charge < -0.3 is 4.98 Å². The number of aryl methyl sites for hydroxylation is 1. The van der Waals surface area contributed by atoms with Crippen molar-refractivity contribution in [1.29, 1.82) is 0 Å². The van der Waals surface area contributed by atoms with Gasteiger partial charge in [0.1, 0.15) is 5.69 Å². The van der Waals surface area contributed by atoms with E-state index in [1.54, 1.807) is 0 Å². The summed E-state index contributed by atoms with van der Waals surface area (Å²) in [5, 5.41) is 0. The number of rotatable bonds is 1. The Morgan fingerprint density at radius 1 is 1.12 bits per heavy atom. The predicted octanol–water partition coefficient (Wildman–Crippen LogP) is 3.40. The van der Waals surface area contributed by atoms with E-state index in [-0.39, 0.29) is 10.8 Å². The Morgan fingerprint density at radius 3 is 2.06 bits per heavy atom. The minimum atomic E-state index is -1.48. The van der Waals surface area contributed by atoms with Crippen molar-refractivity contribution < 1.29 is 17.6 Å². The summed E-state index contributed by atoms with van der Waals surface area (Å²) in [4.78, 5) is 2.53. The molecule has 0 aliphatic carbocycles. The Hall–Kier alpha value is -1.63. The second kappa shape index (κ2) is 3.99. The van der Waals surface area contributed by atoms with Crippen LogP contribution in [-0.4, -0.2) is 9.55 Å². The van der Waals surface area contributed by atoms with Crippen LogP contribution in [0.25, 0.3) is 5.69 Å². The summed E-state index contributed by atoms with van der Waals surface area (Å²) in [5.74, 6) is -5.91. The third-order valence-electron chi connectivity index (χ3n) is 2.27. The maximum Gasteiger partial charge on any atom is 0.186 e. The second-order valence-electron chi connectivity index (χ2n) is 3.39. The summed E-state index contributed by atoms with van der Waals surface area (Å²) in [7, 11) is 0. The molecule has 0 fully saturated rings. The van der Waals surface area contributed by atoms with E-state index < -0.39 is 29.0 Å². The molecule has 0 atom stereocenters. The van der Waals surface area contributed by atoms with Crippen molar-refractivity contribution >= 4 is 12.2 Å². The summed E-state index contributed by atoms with van der Waals surface area (Å²) in [5.41, 5.74) is -0.524. The molecular weight excluding hydrogens is 256 g/mol. The highest BCUT2D eigenvalue weighted by atomic mass is 32.1. The number of nitrogens with one attached hydrogen (secondary N) is 1. The summed E-state index contributed by atoms with van der Waals surface area (Å²) >= 11 is 4.79. The zero-order valence-electron chi connectivity index (χ0n) is 8.52. The average molecular weight is 262 g/mol. The first-order chi connectivity index (χ1) is 7.93. The Balaban J connectivity index is 2.89. The van der Waals surface area contributed by atoms with E-state index in [1.165, 1.54) is 13.1 Å². The molecule has 2 aromatic rings. The molecule has 0 unspecified atom stereocenters. The van der Waals surface area contributed by atoms with Crippen LogP contribution in [0.3, 0.4) is 0 Å². The van der Waals surface area contributed by atoms with Crippen LogP contribution in [0.2, 0.25) is 0 Å². The normalized spacial score (nSPS) is 10.9. The molecule has 0 spiro atoms. The molecule has 0 radical (unpaired) electrons. The lowest BCUT2D eigenvalue weighted by Crippen LogP contribution is -2.07. The van der Waals surface area contributed by atoms with Gasteiger partial charge in [-0.15, -0.1) is 0 Å². The minimum absolute atomic E-state index is 0.0506. The molecule has 0 aliphatic heterocycles. The second-order valence-corrected chi connectivity index (χ2v) is 3.77. The molecule has 0 saturated heterocycles. The third kappa shape index (κ3) is 1.76. The van der Waals surface area contributed by atoms with Crippen LogP contribution in [0.1, 0.15) is 5.69 Å². The molecule has 0 aliphatic rings. The standard InChI is InChI=1S/C10H6F4N2S/c1-4-3-15-10(17)16(4)9-7(13)5(11)2-6(12)8(9)14/h2-3H,1H3,(H,15,17). The van der Waals surface area contributed by atoms with Crippen molar-refractivity contribution in [3.05, 3.63) is 46.0 Å². The van der Waals surface area contributed by atoms with Gasteiger partial charge >= 0.3 is 0 Å². The smallest absolute Gasteiger partial charge is 0.186 e. The fourth-order valence-corrected chi connectivity index (χ4v) is 1.78. The van der Waals surface area contributed by atoms with E-state index in [1.807, 2.05) is 0 Å². The number of nitrogens with zero attached hydrogens (tertiary/aromatic N) is 1. The van der Waals surface area contributed by atoms with Gasteiger partial charge in [-0.05, 0) is 19.1 Å². The molecule has 0 saturated carbocycles. The maximum absolute atomic E-state index is 13.5. The number of hydrogen-bond acceptors (Lipinski definition) is 1. The summed E-state index contributed by atoms with van der Waals surface area (Å²) in [6, 6.07) is 0.153. The third-order valence-corrected chi connectivity index (χ3v) is 2.57. The fraction of sp³-hybridized carbons (Fsp3) is 0.100. The van der Waals surface area contributed by atoms with Crippen LogP contribution in [0.4, 0.5) is 17.6 Å². The highest BCUT2D eigenvalue weighted by molar-refractivity contribution is 7.71. The van der Waals surface area contributed by atoms with Gasteiger partial charge in [0.05, 0.1) is 0 Å². The number of aromatic amines is 1. The molecule has 1 heterocycles. The Bertz CT molecular complexity index is 618. The van der Waals surface area contributed by atoms with E-state index in [2.05, 4.69) is 4.98 Å². The summed E-state index contributed by atoms with van der Waals surface area (Å²) in [6.45, 7) is 1.49. The molecule has 0 bridgehead atoms. The molecular formula is C10H6F4N2S. The quantitative estimate of drug-likeness (QED) is 0.474. The zero-order chi connectivity index (χ0) is 12.7. The first-order valence-electron chi connectivity index (χ1n) is 4.54. The van der Waals surface area contributed by atoms with E-state index >= 15 is 0 Å². The van der Waals surface area contributed by atoms with E-state index in [0.29, 0.717) is 5.69 Å². The van der Waals surface area contributed by atoms with Crippen LogP contribution < -0.4 is 0 Å². The molecule has 2 rings (SSSR count). The molecule has 0 amide bonds. The summed E-state index contributed by atoms with van der Waals surface area (Å²) < 4.78 is 53.9. The van der Waals surface area contributed by atoms with Crippen molar-refractivity contribution in [3.8, 4) is 5.69 Å². The SMILES string of the molecule is Cc1c[nH]c(=S)n1-c1c(F)c(F)cc(F)c1F. The lowest BCUT2D eigenvalue weighted by atomic mass is 10.2. The Labute approximate surface area is 98.5 Å². The van der Waals surface area contributed by atoms with E-state index in [0.717, 1.165) is 4.57 Å². The van der Waals surface area contributed by atoms with Crippen molar-refractivity contribution in [1.82, 2.24) is 9.55 Å². The number of benzene rings is 1. The maximum atomic E-state index is 13.5.